The van der Waals surface area contributed by atoms with Gasteiger partial charge in [0.05, 0.1) is 0 Å². The fraction of sp³-hybridized carbons (Fsp3) is 0.833. The molecule has 0 heterocycles. The summed E-state index contributed by atoms with van der Waals surface area (Å²) in [5.74, 6) is 5.58. The number of hydrogen-bond donors (Lipinski definition) is 2. The van der Waals surface area contributed by atoms with Crippen LogP contribution in [0.5, 0.6) is 0 Å². The smallest absolute Gasteiger partial charge is 0.125 e. The largest absolute Gasteiger partial charge is 0.378 e. The Morgan fingerprint density at radius 2 is 1.00 bits per heavy atom. The molecule has 0 radical (unpaired) electrons. The van der Waals surface area contributed by atoms with E-state index in [1.54, 1.807) is 13.8 Å². The van der Waals surface area contributed by atoms with E-state index in [9.17, 15) is 10.2 Å². The van der Waals surface area contributed by atoms with Crippen LogP contribution in [0.15, 0.2) is 0 Å². The molecule has 0 saturated carbocycles. The van der Waals surface area contributed by atoms with Crippen molar-refractivity contribution in [1.29, 1.82) is 0 Å². The normalized spacial score (nSPS) is 19.9. The Morgan fingerprint density at radius 1 is 0.786 bits per heavy atom. The lowest BCUT2D eigenvalue weighted by Gasteiger charge is -2.24. The van der Waals surface area contributed by atoms with Crippen molar-refractivity contribution in [2.45, 2.75) is 52.7 Å². The third-order valence-electron chi connectivity index (χ3n) is 2.82. The lowest BCUT2D eigenvalue weighted by molar-refractivity contribution is 0.0611. The van der Waals surface area contributed by atoms with Crippen LogP contribution in [0, 0.1) is 23.7 Å². The molecule has 0 saturated heterocycles. The van der Waals surface area contributed by atoms with Crippen LogP contribution in [0.2, 0.25) is 0 Å². The lowest BCUT2D eigenvalue weighted by atomic mass is 9.89. The molecule has 0 aromatic rings. The molecule has 0 spiro atoms. The molecule has 82 valence electrons. The van der Waals surface area contributed by atoms with Crippen LogP contribution in [-0.2, 0) is 0 Å². The average molecular weight is 198 g/mol. The van der Waals surface area contributed by atoms with Crippen LogP contribution in [0.4, 0.5) is 0 Å². The minimum atomic E-state index is -1.03. The van der Waals surface area contributed by atoms with Crippen molar-refractivity contribution < 1.29 is 10.2 Å². The molecule has 2 atom stereocenters. The summed E-state index contributed by atoms with van der Waals surface area (Å²) in [6.07, 6.45) is 0. The van der Waals surface area contributed by atoms with E-state index in [1.165, 1.54) is 0 Å². The third kappa shape index (κ3) is 3.69. The third-order valence-corrected chi connectivity index (χ3v) is 2.82. The highest BCUT2D eigenvalue weighted by Gasteiger charge is 2.25. The van der Waals surface area contributed by atoms with Crippen LogP contribution in [-0.4, -0.2) is 21.4 Å². The monoisotopic (exact) mass is 198 g/mol. The molecule has 0 aliphatic rings. The Hall–Kier alpha value is -0.520. The van der Waals surface area contributed by atoms with Gasteiger partial charge in [0, 0.05) is 0 Å². The molecule has 0 amide bonds. The molecule has 14 heavy (non-hydrogen) atoms. The molecule has 2 N–H and O–H groups in total. The molecule has 0 aliphatic carbocycles. The van der Waals surface area contributed by atoms with Crippen molar-refractivity contribution in [3.8, 4) is 11.8 Å². The Bertz CT molecular complexity index is 215. The summed E-state index contributed by atoms with van der Waals surface area (Å²) in [5, 5.41) is 19.7. The maximum Gasteiger partial charge on any atom is 0.125 e. The highest BCUT2D eigenvalue weighted by Crippen LogP contribution is 2.18. The van der Waals surface area contributed by atoms with E-state index < -0.39 is 11.2 Å². The summed E-state index contributed by atoms with van der Waals surface area (Å²) >= 11 is 0. The Labute approximate surface area is 87.3 Å². The van der Waals surface area contributed by atoms with Gasteiger partial charge in [0.1, 0.15) is 11.2 Å². The molecule has 0 aliphatic heterocycles. The summed E-state index contributed by atoms with van der Waals surface area (Å²) < 4.78 is 0. The number of rotatable bonds is 2. The molecule has 0 bridgehead atoms. The molecule has 0 unspecified atom stereocenters. The topological polar surface area (TPSA) is 40.5 Å². The first-order valence-electron chi connectivity index (χ1n) is 5.08. The predicted octanol–water partition coefficient (Wildman–Crippen LogP) is 1.80. The molecular formula is C12H22O2. The van der Waals surface area contributed by atoms with Gasteiger partial charge < -0.3 is 10.2 Å². The van der Waals surface area contributed by atoms with Crippen molar-refractivity contribution in [3.05, 3.63) is 0 Å². The Balaban J connectivity index is 4.74. The van der Waals surface area contributed by atoms with Crippen molar-refractivity contribution in [1.82, 2.24) is 0 Å². The summed E-state index contributed by atoms with van der Waals surface area (Å²) in [6.45, 7) is 10.9. The second-order valence-corrected chi connectivity index (χ2v) is 4.85. The fourth-order valence-corrected chi connectivity index (χ4v) is 0.542. The van der Waals surface area contributed by atoms with Gasteiger partial charge in [-0.15, -0.1) is 0 Å². The van der Waals surface area contributed by atoms with Gasteiger partial charge in [-0.05, 0) is 25.7 Å². The van der Waals surface area contributed by atoms with E-state index in [4.69, 9.17) is 0 Å². The fourth-order valence-electron chi connectivity index (χ4n) is 0.542. The second-order valence-electron chi connectivity index (χ2n) is 4.85. The zero-order valence-corrected chi connectivity index (χ0v) is 10.0. The van der Waals surface area contributed by atoms with Crippen molar-refractivity contribution in [3.63, 3.8) is 0 Å². The molecule has 2 heteroatoms. The van der Waals surface area contributed by atoms with Crippen LogP contribution < -0.4 is 0 Å². The number of hydrogen-bond acceptors (Lipinski definition) is 2. The SMILES string of the molecule is CC(C)[C@](C)(O)C#C[C@@](C)(O)C(C)C. The first-order valence-corrected chi connectivity index (χ1v) is 5.08. The zero-order chi connectivity index (χ0) is 11.6. The second kappa shape index (κ2) is 4.33. The average Bonchev–Trinajstić information content (AvgIpc) is 2.01. The van der Waals surface area contributed by atoms with Gasteiger partial charge in [-0.2, -0.15) is 0 Å². The first kappa shape index (κ1) is 13.5. The summed E-state index contributed by atoms with van der Waals surface area (Å²) in [6, 6.07) is 0. The van der Waals surface area contributed by atoms with Crippen LogP contribution in [0.25, 0.3) is 0 Å². The lowest BCUT2D eigenvalue weighted by Crippen LogP contribution is -2.33. The van der Waals surface area contributed by atoms with E-state index in [1.807, 2.05) is 27.7 Å². The van der Waals surface area contributed by atoms with Gasteiger partial charge in [-0.25, -0.2) is 0 Å². The molecule has 2 nitrogen and oxygen atoms in total. The standard InChI is InChI=1S/C12H22O2/c1-9(2)11(5,13)7-8-12(6,14)10(3)4/h9-10,13-14H,1-6H3/t11-,12-/m1/s1. The van der Waals surface area contributed by atoms with E-state index in [2.05, 4.69) is 11.8 Å². The van der Waals surface area contributed by atoms with Gasteiger partial charge in [-0.1, -0.05) is 39.5 Å². The summed E-state index contributed by atoms with van der Waals surface area (Å²) in [5.41, 5.74) is -2.06. The zero-order valence-electron chi connectivity index (χ0n) is 10.0. The molecular weight excluding hydrogens is 176 g/mol. The summed E-state index contributed by atoms with van der Waals surface area (Å²) in [4.78, 5) is 0. The van der Waals surface area contributed by atoms with E-state index in [-0.39, 0.29) is 11.8 Å². The van der Waals surface area contributed by atoms with Crippen LogP contribution in [0.1, 0.15) is 41.5 Å². The van der Waals surface area contributed by atoms with Gasteiger partial charge in [0.25, 0.3) is 0 Å². The molecule has 0 aromatic heterocycles. The number of aliphatic hydroxyl groups is 2. The Morgan fingerprint density at radius 3 is 1.14 bits per heavy atom. The summed E-state index contributed by atoms with van der Waals surface area (Å²) in [7, 11) is 0. The maximum atomic E-state index is 9.85. The first-order chi connectivity index (χ1) is 6.09. The van der Waals surface area contributed by atoms with Crippen molar-refractivity contribution in [2.24, 2.45) is 11.8 Å². The van der Waals surface area contributed by atoms with Gasteiger partial charge in [0.15, 0.2) is 0 Å². The van der Waals surface area contributed by atoms with E-state index >= 15 is 0 Å². The Kier molecular flexibility index (Phi) is 4.17. The van der Waals surface area contributed by atoms with Gasteiger partial charge >= 0.3 is 0 Å². The van der Waals surface area contributed by atoms with Crippen LogP contribution >= 0.6 is 0 Å². The van der Waals surface area contributed by atoms with Gasteiger partial charge in [0.2, 0.25) is 0 Å². The van der Waals surface area contributed by atoms with Crippen LogP contribution in [0.3, 0.4) is 0 Å². The highest BCUT2D eigenvalue weighted by molar-refractivity contribution is 5.20. The minimum absolute atomic E-state index is 0.0537. The predicted molar refractivity (Wildman–Crippen MR) is 58.7 cm³/mol. The van der Waals surface area contributed by atoms with Crippen molar-refractivity contribution >= 4 is 0 Å². The van der Waals surface area contributed by atoms with Crippen molar-refractivity contribution in [2.75, 3.05) is 0 Å². The molecule has 0 fully saturated rings. The quantitative estimate of drug-likeness (QED) is 0.664. The molecule has 0 aromatic carbocycles. The highest BCUT2D eigenvalue weighted by atomic mass is 16.3. The molecule has 0 rings (SSSR count). The van der Waals surface area contributed by atoms with Gasteiger partial charge in [-0.3, -0.25) is 0 Å². The van der Waals surface area contributed by atoms with E-state index in [0.717, 1.165) is 0 Å². The maximum absolute atomic E-state index is 9.85. The minimum Gasteiger partial charge on any atom is -0.378 e. The van der Waals surface area contributed by atoms with E-state index in [0.29, 0.717) is 0 Å².